The van der Waals surface area contributed by atoms with Crippen LogP contribution in [0.25, 0.3) is 0 Å². The second-order valence-electron chi connectivity index (χ2n) is 24.6. The molecule has 0 fully saturated rings. The first-order chi connectivity index (χ1) is 40.5. The lowest BCUT2D eigenvalue weighted by atomic mass is 9.96. The predicted molar refractivity (Wildman–Crippen MR) is 332 cm³/mol. The molecule has 86 heavy (non-hydrogen) atoms. The molecule has 0 bridgehead atoms. The van der Waals surface area contributed by atoms with Crippen molar-refractivity contribution in [3.63, 3.8) is 0 Å². The van der Waals surface area contributed by atoms with Crippen molar-refractivity contribution in [2.24, 2.45) is 58.3 Å². The zero-order valence-electron chi connectivity index (χ0n) is 53.3. The van der Waals surface area contributed by atoms with Gasteiger partial charge >= 0.3 is 0 Å². The third kappa shape index (κ3) is 30.4. The summed E-state index contributed by atoms with van der Waals surface area (Å²) in [5.74, 6) is -8.09. The van der Waals surface area contributed by atoms with E-state index in [9.17, 15) is 53.1 Å². The van der Waals surface area contributed by atoms with Gasteiger partial charge in [0.1, 0.15) is 54.4 Å². The van der Waals surface area contributed by atoms with Gasteiger partial charge in [0, 0.05) is 6.42 Å². The first-order valence-electron chi connectivity index (χ1n) is 31.1. The second-order valence-corrected chi connectivity index (χ2v) is 24.6. The van der Waals surface area contributed by atoms with Crippen LogP contribution in [0.4, 0.5) is 0 Å². The van der Waals surface area contributed by atoms with Crippen molar-refractivity contribution in [1.82, 2.24) is 47.9 Å². The van der Waals surface area contributed by atoms with Gasteiger partial charge in [0.25, 0.3) is 0 Å². The van der Waals surface area contributed by atoms with Crippen molar-refractivity contribution >= 4 is 59.1 Å². The molecule has 1 rings (SSSR count). The SMILES string of the molecule is CC[C@H](C)[C@H](NC(=O)[C@H](Cc1ccccc1)NC(=O)[C@H](CCCCN)NC(=O)[C@H](CC(C)C)NC(=O)[C@H](CC(C)C)NC(=O)[C@@H](N)CCCCN)C(=O)N[C@@H](CCCCN)C(=O)N[C@H](C(=O)N[C@@H](CC(C)C)C(=O)N[C@@H](CC(C)C)C(N)=O)[C@@H](C)O. The maximum Gasteiger partial charge on any atom is 0.245 e. The summed E-state index contributed by atoms with van der Waals surface area (Å²) in [6.07, 6.45) is 3.07. The summed E-state index contributed by atoms with van der Waals surface area (Å²) in [6, 6.07) is -3.26. The molecule has 1 aromatic carbocycles. The third-order valence-corrected chi connectivity index (χ3v) is 14.6. The Kier molecular flexibility index (Phi) is 37.7. The number of nitrogens with one attached hydrogen (secondary N) is 9. The lowest BCUT2D eigenvalue weighted by Crippen LogP contribution is -2.62. The minimum atomic E-state index is -1.62. The molecule has 10 amide bonds. The summed E-state index contributed by atoms with van der Waals surface area (Å²) in [4.78, 5) is 140. The van der Waals surface area contributed by atoms with Gasteiger partial charge in [-0.15, -0.1) is 0 Å². The number of benzene rings is 1. The van der Waals surface area contributed by atoms with E-state index in [1.54, 1.807) is 44.2 Å². The number of carbonyl (C=O) groups is 10. The van der Waals surface area contributed by atoms with Crippen molar-refractivity contribution in [3.8, 4) is 0 Å². The Hall–Kier alpha value is -6.28. The Bertz CT molecular complexity index is 2250. The molecule has 0 unspecified atom stereocenters. The first-order valence-corrected chi connectivity index (χ1v) is 31.1. The van der Waals surface area contributed by atoms with Crippen molar-refractivity contribution < 1.29 is 53.1 Å². The molecule has 0 aromatic heterocycles. The second kappa shape index (κ2) is 41.8. The maximum absolute atomic E-state index is 14.7. The minimum absolute atomic E-state index is 0.00154. The molecule has 25 nitrogen and oxygen atoms in total. The Labute approximate surface area is 511 Å². The molecular formula is C61H110N14O11. The monoisotopic (exact) mass is 1210 g/mol. The van der Waals surface area contributed by atoms with Crippen molar-refractivity contribution in [3.05, 3.63) is 35.9 Å². The number of nitrogens with two attached hydrogens (primary N) is 5. The van der Waals surface area contributed by atoms with Crippen LogP contribution in [-0.2, 0) is 54.4 Å². The van der Waals surface area contributed by atoms with Gasteiger partial charge in [0.15, 0.2) is 0 Å². The molecule has 0 spiro atoms. The lowest BCUT2D eigenvalue weighted by Gasteiger charge is -2.30. The fraction of sp³-hybridized carbons (Fsp3) is 0.738. The van der Waals surface area contributed by atoms with E-state index in [1.165, 1.54) is 6.92 Å². The quantitative estimate of drug-likeness (QED) is 0.0394. The summed E-state index contributed by atoms with van der Waals surface area (Å²) < 4.78 is 0. The first kappa shape index (κ1) is 77.7. The van der Waals surface area contributed by atoms with E-state index in [1.807, 2.05) is 55.4 Å². The van der Waals surface area contributed by atoms with Crippen molar-refractivity contribution in [2.45, 2.75) is 239 Å². The highest BCUT2D eigenvalue weighted by Crippen LogP contribution is 2.16. The average molecular weight is 1220 g/mol. The number of rotatable bonds is 44. The third-order valence-electron chi connectivity index (χ3n) is 14.6. The smallest absolute Gasteiger partial charge is 0.245 e. The molecule has 490 valence electrons. The van der Waals surface area contributed by atoms with Gasteiger partial charge in [-0.2, -0.15) is 0 Å². The van der Waals surface area contributed by atoms with Crippen LogP contribution in [0.2, 0.25) is 0 Å². The van der Waals surface area contributed by atoms with Crippen LogP contribution in [0.15, 0.2) is 30.3 Å². The highest BCUT2D eigenvalue weighted by molar-refractivity contribution is 5.99. The Morgan fingerprint density at radius 2 is 0.733 bits per heavy atom. The molecule has 1 aromatic rings. The summed E-state index contributed by atoms with van der Waals surface area (Å²) in [7, 11) is 0. The number of hydrogen-bond acceptors (Lipinski definition) is 15. The summed E-state index contributed by atoms with van der Waals surface area (Å²) >= 11 is 0. The average Bonchev–Trinajstić information content (AvgIpc) is 3.65. The molecule has 20 N–H and O–H groups in total. The Morgan fingerprint density at radius 3 is 1.15 bits per heavy atom. The highest BCUT2D eigenvalue weighted by Gasteiger charge is 2.38. The molecule has 0 aliphatic rings. The van der Waals surface area contributed by atoms with Crippen molar-refractivity contribution in [2.75, 3.05) is 19.6 Å². The normalized spacial score (nSPS) is 15.7. The van der Waals surface area contributed by atoms with Crippen LogP contribution in [0.3, 0.4) is 0 Å². The largest absolute Gasteiger partial charge is 0.391 e. The minimum Gasteiger partial charge on any atom is -0.391 e. The summed E-state index contributed by atoms with van der Waals surface area (Å²) in [5, 5.41) is 35.5. The summed E-state index contributed by atoms with van der Waals surface area (Å²) in [6.45, 7) is 20.7. The molecule has 25 heteroatoms. The van der Waals surface area contributed by atoms with E-state index < -0.39 is 132 Å². The number of hydrogen-bond donors (Lipinski definition) is 15. The number of amides is 10. The molecule has 0 heterocycles. The number of unbranched alkanes of at least 4 members (excludes halogenated alkanes) is 3. The standard InChI is InChI=1S/C61H110N14O11/c1-12-39(10)50(60(85)68-44(26-18-21-29-64)55(80)75-51(40(11)76)61(86)73-48(33-38(8)9)57(82)69-45(52(66)77)30-35(2)3)74-59(84)49(34-41-22-14-13-15-23-41)72-54(79)43(25-17-20-28-63)67-56(81)47(32-37(6)7)71-58(83)46(31-36(4)5)70-53(78)42(65)24-16-19-27-62/h13-15,22-23,35-40,42-51,76H,12,16-21,24-34,62-65H2,1-11H3,(H2,66,77)(H,67,81)(H,68,85)(H,69,82)(H,70,78)(H,71,83)(H,72,79)(H,73,86)(H,74,84)(H,75,80)/t39-,40+,42-,43-,44-,45-,46-,47-,48-,49-,50-,51-/m0/s1. The lowest BCUT2D eigenvalue weighted by molar-refractivity contribution is -0.137. The molecule has 0 saturated carbocycles. The van der Waals surface area contributed by atoms with E-state index in [4.69, 9.17) is 28.7 Å². The molecule has 0 aliphatic heterocycles. The van der Waals surface area contributed by atoms with Crippen molar-refractivity contribution in [1.29, 1.82) is 0 Å². The van der Waals surface area contributed by atoms with Crippen LogP contribution in [0.5, 0.6) is 0 Å². The Balaban J connectivity index is 3.66. The van der Waals surface area contributed by atoms with Gasteiger partial charge in [0.2, 0.25) is 59.1 Å². The van der Waals surface area contributed by atoms with E-state index in [0.29, 0.717) is 63.5 Å². The van der Waals surface area contributed by atoms with Gasteiger partial charge in [0.05, 0.1) is 12.1 Å². The van der Waals surface area contributed by atoms with Crippen LogP contribution >= 0.6 is 0 Å². The topological polar surface area (TPSA) is 429 Å². The van der Waals surface area contributed by atoms with Gasteiger partial charge < -0.3 is 81.6 Å². The number of aliphatic hydroxyl groups excluding tert-OH is 1. The van der Waals surface area contributed by atoms with E-state index in [2.05, 4.69) is 47.9 Å². The number of carbonyl (C=O) groups excluding carboxylic acids is 10. The Morgan fingerprint density at radius 1 is 0.407 bits per heavy atom. The van der Waals surface area contributed by atoms with Gasteiger partial charge in [-0.3, -0.25) is 47.9 Å². The van der Waals surface area contributed by atoms with Gasteiger partial charge in [-0.05, 0) is 139 Å². The number of primary amides is 1. The molecule has 0 radical (unpaired) electrons. The van der Waals surface area contributed by atoms with Gasteiger partial charge in [-0.25, -0.2) is 0 Å². The van der Waals surface area contributed by atoms with Gasteiger partial charge in [-0.1, -0.05) is 112 Å². The van der Waals surface area contributed by atoms with Crippen LogP contribution in [0.1, 0.15) is 172 Å². The molecule has 0 saturated heterocycles. The van der Waals surface area contributed by atoms with E-state index in [0.717, 1.165) is 0 Å². The molecule has 0 aliphatic carbocycles. The molecular weight excluding hydrogens is 1100 g/mol. The summed E-state index contributed by atoms with van der Waals surface area (Å²) in [5.41, 5.74) is 29.7. The zero-order chi connectivity index (χ0) is 65.2. The molecule has 12 atom stereocenters. The van der Waals surface area contributed by atoms with Crippen LogP contribution in [-0.4, -0.2) is 150 Å². The van der Waals surface area contributed by atoms with E-state index >= 15 is 0 Å². The van der Waals surface area contributed by atoms with Crippen LogP contribution < -0.4 is 76.5 Å². The predicted octanol–water partition coefficient (Wildman–Crippen LogP) is 0.403. The highest BCUT2D eigenvalue weighted by atomic mass is 16.3. The van der Waals surface area contributed by atoms with E-state index in [-0.39, 0.29) is 81.7 Å². The zero-order valence-corrected chi connectivity index (χ0v) is 53.3. The van der Waals surface area contributed by atoms with Crippen LogP contribution in [0, 0.1) is 29.6 Å². The number of aliphatic hydroxyl groups is 1. The fourth-order valence-electron chi connectivity index (χ4n) is 9.55. The maximum atomic E-state index is 14.7. The fourth-order valence-corrected chi connectivity index (χ4v) is 9.55.